The summed E-state index contributed by atoms with van der Waals surface area (Å²) in [6.45, 7) is 1.84. The zero-order chi connectivity index (χ0) is 17.3. The Morgan fingerprint density at radius 1 is 1.21 bits per heavy atom. The van der Waals surface area contributed by atoms with Crippen molar-refractivity contribution in [3.8, 4) is 5.69 Å². The van der Waals surface area contributed by atoms with Gasteiger partial charge in [0.15, 0.2) is 0 Å². The van der Waals surface area contributed by atoms with Crippen molar-refractivity contribution in [2.24, 2.45) is 0 Å². The van der Waals surface area contributed by atoms with Gasteiger partial charge in [0.1, 0.15) is 0 Å². The summed E-state index contributed by atoms with van der Waals surface area (Å²) in [5.74, 6) is -0.970. The average Bonchev–Trinajstić information content (AvgIpc) is 2.83. The summed E-state index contributed by atoms with van der Waals surface area (Å²) in [6.07, 6.45) is 0.425. The molecule has 0 bridgehead atoms. The Morgan fingerprint density at radius 2 is 1.92 bits per heavy atom. The van der Waals surface area contributed by atoms with Crippen LogP contribution in [0.3, 0.4) is 0 Å². The maximum absolute atomic E-state index is 12.7. The van der Waals surface area contributed by atoms with E-state index in [4.69, 9.17) is 16.7 Å². The number of hydrogen-bond acceptors (Lipinski definition) is 2. The molecule has 1 heterocycles. The van der Waals surface area contributed by atoms with Crippen LogP contribution in [0.15, 0.2) is 53.3 Å². The lowest BCUT2D eigenvalue weighted by molar-refractivity contribution is 0.0697. The smallest absolute Gasteiger partial charge is 0.335 e. The van der Waals surface area contributed by atoms with Gasteiger partial charge in [0.2, 0.25) is 0 Å². The number of nitrogens with one attached hydrogen (secondary N) is 1. The summed E-state index contributed by atoms with van der Waals surface area (Å²) in [5, 5.41) is 12.5. The molecule has 0 atom stereocenters. The van der Waals surface area contributed by atoms with Crippen molar-refractivity contribution in [1.82, 2.24) is 9.78 Å². The summed E-state index contributed by atoms with van der Waals surface area (Å²) in [7, 11) is 0. The molecule has 0 saturated carbocycles. The van der Waals surface area contributed by atoms with Gasteiger partial charge in [-0.1, -0.05) is 29.8 Å². The van der Waals surface area contributed by atoms with Crippen LogP contribution in [0.2, 0.25) is 5.02 Å². The first kappa shape index (κ1) is 16.1. The standard InChI is InChI=1S/C18H15ClN2O3/c1-11-16(9-12-5-7-13(8-6-12)18(23)24)17(22)21(20-11)15-4-2-3-14(19)10-15/h2-8,10,20H,9H2,1H3,(H,23,24). The maximum Gasteiger partial charge on any atom is 0.335 e. The second-order valence-corrected chi connectivity index (χ2v) is 5.95. The number of H-pyrrole nitrogens is 1. The van der Waals surface area contributed by atoms with Crippen LogP contribution in [0.1, 0.15) is 27.2 Å². The average molecular weight is 343 g/mol. The number of hydrogen-bond donors (Lipinski definition) is 2. The molecule has 0 unspecified atom stereocenters. The molecular weight excluding hydrogens is 328 g/mol. The first-order valence-electron chi connectivity index (χ1n) is 7.34. The van der Waals surface area contributed by atoms with Crippen molar-refractivity contribution in [3.05, 3.63) is 86.3 Å². The van der Waals surface area contributed by atoms with Gasteiger partial charge in [-0.3, -0.25) is 9.89 Å². The minimum Gasteiger partial charge on any atom is -0.478 e. The lowest BCUT2D eigenvalue weighted by Crippen LogP contribution is -2.17. The molecule has 2 aromatic carbocycles. The van der Waals surface area contributed by atoms with Crippen LogP contribution >= 0.6 is 11.6 Å². The van der Waals surface area contributed by atoms with Gasteiger partial charge in [0.25, 0.3) is 5.56 Å². The number of halogens is 1. The van der Waals surface area contributed by atoms with Crippen molar-refractivity contribution in [2.75, 3.05) is 0 Å². The third-order valence-corrected chi connectivity index (χ3v) is 4.08. The lowest BCUT2D eigenvalue weighted by Gasteiger charge is -2.01. The quantitative estimate of drug-likeness (QED) is 0.763. The van der Waals surface area contributed by atoms with E-state index in [1.54, 1.807) is 36.4 Å². The molecule has 0 aliphatic heterocycles. The number of aryl methyl sites for hydroxylation is 1. The molecule has 6 heteroatoms. The number of carbonyl (C=O) groups is 1. The third-order valence-electron chi connectivity index (χ3n) is 3.84. The van der Waals surface area contributed by atoms with Gasteiger partial charge in [0.05, 0.1) is 11.3 Å². The molecule has 0 aliphatic carbocycles. The Labute approximate surface area is 143 Å². The Balaban J connectivity index is 1.95. The van der Waals surface area contributed by atoms with Crippen molar-refractivity contribution in [3.63, 3.8) is 0 Å². The van der Waals surface area contributed by atoms with Crippen LogP contribution in [0.5, 0.6) is 0 Å². The molecule has 2 N–H and O–H groups in total. The topological polar surface area (TPSA) is 75.1 Å². The number of carboxylic acids is 1. The molecule has 0 aliphatic rings. The van der Waals surface area contributed by atoms with E-state index in [-0.39, 0.29) is 11.1 Å². The van der Waals surface area contributed by atoms with Gasteiger partial charge in [-0.15, -0.1) is 0 Å². The van der Waals surface area contributed by atoms with Crippen molar-refractivity contribution >= 4 is 17.6 Å². The highest BCUT2D eigenvalue weighted by atomic mass is 35.5. The molecule has 0 saturated heterocycles. The molecule has 0 fully saturated rings. The Bertz CT molecular complexity index is 955. The molecule has 0 spiro atoms. The fourth-order valence-electron chi connectivity index (χ4n) is 2.56. The lowest BCUT2D eigenvalue weighted by atomic mass is 10.0. The van der Waals surface area contributed by atoms with Gasteiger partial charge in [-0.25, -0.2) is 9.48 Å². The summed E-state index contributed by atoms with van der Waals surface area (Å²) in [5.41, 5.74) is 3.03. The van der Waals surface area contributed by atoms with Gasteiger partial charge >= 0.3 is 5.97 Å². The molecule has 3 rings (SSSR count). The highest BCUT2D eigenvalue weighted by Crippen LogP contribution is 2.15. The van der Waals surface area contributed by atoms with Crippen LogP contribution < -0.4 is 5.56 Å². The number of carboxylic acid groups (broad SMARTS) is 1. The monoisotopic (exact) mass is 342 g/mol. The van der Waals surface area contributed by atoms with E-state index in [2.05, 4.69) is 5.10 Å². The van der Waals surface area contributed by atoms with Crippen LogP contribution in [0.25, 0.3) is 5.69 Å². The first-order valence-corrected chi connectivity index (χ1v) is 7.72. The number of rotatable bonds is 4. The molecule has 5 nitrogen and oxygen atoms in total. The van der Waals surface area contributed by atoms with E-state index in [9.17, 15) is 9.59 Å². The van der Waals surface area contributed by atoms with E-state index in [1.807, 2.05) is 6.92 Å². The minimum absolute atomic E-state index is 0.142. The van der Waals surface area contributed by atoms with Gasteiger partial charge < -0.3 is 5.11 Å². The predicted octanol–water partition coefficient (Wildman–Crippen LogP) is 3.42. The highest BCUT2D eigenvalue weighted by Gasteiger charge is 2.13. The number of aromatic nitrogens is 2. The molecule has 24 heavy (non-hydrogen) atoms. The summed E-state index contributed by atoms with van der Waals surface area (Å²) < 4.78 is 1.46. The number of benzene rings is 2. The zero-order valence-electron chi connectivity index (χ0n) is 12.9. The van der Waals surface area contributed by atoms with Crippen molar-refractivity contribution in [1.29, 1.82) is 0 Å². The van der Waals surface area contributed by atoms with E-state index in [0.717, 1.165) is 11.3 Å². The van der Waals surface area contributed by atoms with Crippen LogP contribution in [0, 0.1) is 6.92 Å². The second-order valence-electron chi connectivity index (χ2n) is 5.51. The van der Waals surface area contributed by atoms with Gasteiger partial charge in [0, 0.05) is 22.7 Å². The number of nitrogens with zero attached hydrogens (tertiary/aromatic N) is 1. The van der Waals surface area contributed by atoms with E-state index in [1.165, 1.54) is 16.8 Å². The van der Waals surface area contributed by atoms with E-state index in [0.29, 0.717) is 22.7 Å². The van der Waals surface area contributed by atoms with Crippen molar-refractivity contribution in [2.45, 2.75) is 13.3 Å². The van der Waals surface area contributed by atoms with E-state index < -0.39 is 5.97 Å². The maximum atomic E-state index is 12.7. The molecule has 0 amide bonds. The third kappa shape index (κ3) is 3.12. The van der Waals surface area contributed by atoms with Crippen LogP contribution in [-0.4, -0.2) is 20.9 Å². The SMILES string of the molecule is Cc1[nH]n(-c2cccc(Cl)c2)c(=O)c1Cc1ccc(C(=O)O)cc1. The Morgan fingerprint density at radius 3 is 2.54 bits per heavy atom. The largest absolute Gasteiger partial charge is 0.478 e. The Kier molecular flexibility index (Phi) is 4.27. The highest BCUT2D eigenvalue weighted by molar-refractivity contribution is 6.30. The summed E-state index contributed by atoms with van der Waals surface area (Å²) in [6, 6.07) is 13.6. The fourth-order valence-corrected chi connectivity index (χ4v) is 2.74. The van der Waals surface area contributed by atoms with E-state index >= 15 is 0 Å². The zero-order valence-corrected chi connectivity index (χ0v) is 13.7. The first-order chi connectivity index (χ1) is 11.5. The minimum atomic E-state index is -0.970. The molecule has 122 valence electrons. The van der Waals surface area contributed by atoms with Crippen molar-refractivity contribution < 1.29 is 9.90 Å². The van der Waals surface area contributed by atoms with Crippen LogP contribution in [0.4, 0.5) is 0 Å². The summed E-state index contributed by atoms with van der Waals surface area (Å²) in [4.78, 5) is 23.6. The molecule has 1 aromatic heterocycles. The molecular formula is C18H15ClN2O3. The predicted molar refractivity (Wildman–Crippen MR) is 92.3 cm³/mol. The van der Waals surface area contributed by atoms with Gasteiger partial charge in [-0.05, 0) is 42.8 Å². The molecule has 3 aromatic rings. The van der Waals surface area contributed by atoms with Gasteiger partial charge in [-0.2, -0.15) is 0 Å². The number of aromatic amines is 1. The Hall–Kier alpha value is -2.79. The number of aromatic carboxylic acids is 1. The second kappa shape index (κ2) is 6.37. The fraction of sp³-hybridized carbons (Fsp3) is 0.111. The summed E-state index contributed by atoms with van der Waals surface area (Å²) >= 11 is 5.99. The molecule has 0 radical (unpaired) electrons. The van der Waals surface area contributed by atoms with Crippen LogP contribution in [-0.2, 0) is 6.42 Å². The normalized spacial score (nSPS) is 10.8.